The van der Waals surface area contributed by atoms with E-state index in [0.29, 0.717) is 18.6 Å². The van der Waals surface area contributed by atoms with E-state index in [2.05, 4.69) is 146 Å². The van der Waals surface area contributed by atoms with Crippen LogP contribution in [0, 0.1) is 13.8 Å². The van der Waals surface area contributed by atoms with Gasteiger partial charge in [0, 0.05) is 34.5 Å². The number of carbonyl (C=O) groups excluding carboxylic acids is 1. The molecular formula is C57H44N2O2. The topological polar surface area (TPSA) is 54.4 Å². The quantitative estimate of drug-likeness (QED) is 0.0757. The highest BCUT2D eigenvalue weighted by molar-refractivity contribution is 6.33. The fraction of sp³-hybridized carbons (Fsp3) is 0.158. The van der Waals surface area contributed by atoms with Crippen molar-refractivity contribution in [3.05, 3.63) is 201 Å². The van der Waals surface area contributed by atoms with Crippen LogP contribution in [-0.4, -0.2) is 16.7 Å². The summed E-state index contributed by atoms with van der Waals surface area (Å²) in [6.45, 7) is 4.26. The van der Waals surface area contributed by atoms with Crippen molar-refractivity contribution >= 4 is 60.3 Å². The number of nitrogens with zero attached hydrogens (tertiary/aromatic N) is 1. The highest BCUT2D eigenvalue weighted by atomic mass is 16.5. The zero-order valence-electron chi connectivity index (χ0n) is 34.5. The number of aliphatic imine (C=N–C) groups is 1. The molecule has 4 nitrogen and oxygen atoms in total. The lowest BCUT2D eigenvalue weighted by molar-refractivity contribution is -0.134. The van der Waals surface area contributed by atoms with E-state index in [1.54, 1.807) is 0 Å². The third kappa shape index (κ3) is 5.80. The number of aryl methyl sites for hydroxylation is 6. The molecule has 3 aliphatic rings. The maximum atomic E-state index is 13.5. The molecule has 61 heavy (non-hydrogen) atoms. The number of esters is 1. The molecule has 0 atom stereocenters. The lowest BCUT2D eigenvalue weighted by atomic mass is 9.86. The van der Waals surface area contributed by atoms with Gasteiger partial charge in [0.15, 0.2) is 0 Å². The second-order valence-electron chi connectivity index (χ2n) is 17.3. The first-order valence-corrected chi connectivity index (χ1v) is 21.8. The molecule has 0 amide bonds. The predicted octanol–water partition coefficient (Wildman–Crippen LogP) is 13.5. The predicted molar refractivity (Wildman–Crippen MR) is 251 cm³/mol. The molecule has 0 fully saturated rings. The van der Waals surface area contributed by atoms with E-state index in [1.807, 2.05) is 12.1 Å². The highest BCUT2D eigenvalue weighted by Crippen LogP contribution is 2.44. The van der Waals surface area contributed by atoms with Crippen LogP contribution < -0.4 is 4.74 Å². The number of aromatic amines is 1. The fourth-order valence-corrected chi connectivity index (χ4v) is 10.9. The normalized spacial score (nSPS) is 15.1. The Hall–Kier alpha value is -7.04. The number of H-pyrrole nitrogens is 1. The zero-order chi connectivity index (χ0) is 40.8. The number of hydrogen-bond acceptors (Lipinski definition) is 3. The number of aromatic nitrogens is 1. The van der Waals surface area contributed by atoms with Crippen molar-refractivity contribution < 1.29 is 9.53 Å². The molecule has 0 spiro atoms. The number of rotatable bonds is 7. The lowest BCUT2D eigenvalue weighted by Gasteiger charge is -2.17. The van der Waals surface area contributed by atoms with E-state index in [1.165, 1.54) is 87.7 Å². The molecule has 2 aliphatic carbocycles. The van der Waals surface area contributed by atoms with Crippen LogP contribution >= 0.6 is 0 Å². The van der Waals surface area contributed by atoms with Gasteiger partial charge in [-0.05, 0) is 164 Å². The third-order valence-corrected chi connectivity index (χ3v) is 13.6. The van der Waals surface area contributed by atoms with Gasteiger partial charge in [0.2, 0.25) is 0 Å². The first kappa shape index (κ1) is 35.9. The van der Waals surface area contributed by atoms with Crippen molar-refractivity contribution in [1.82, 2.24) is 4.98 Å². The third-order valence-electron chi connectivity index (χ3n) is 13.6. The van der Waals surface area contributed by atoms with Gasteiger partial charge in [-0.3, -0.25) is 4.79 Å². The largest absolute Gasteiger partial charge is 0.427 e. The van der Waals surface area contributed by atoms with Gasteiger partial charge in [0.1, 0.15) is 5.75 Å². The SMILES string of the molecule is Cc1cc(OC(=O)CCCc2ccc3c4cccc5cccc(c6cccc2c63)c54)cc(C)c1/C(=C1\C=C2CCc3ccccc3C2=N1)c1cc2c([nH]1)-c1ccccc1CC2. The summed E-state index contributed by atoms with van der Waals surface area (Å²) in [5.41, 5.74) is 17.8. The second kappa shape index (κ2) is 14.0. The average Bonchev–Trinajstić information content (AvgIpc) is 3.92. The van der Waals surface area contributed by atoms with Crippen LogP contribution in [0.25, 0.3) is 59.9 Å². The number of fused-ring (bicyclic) bond motifs is 8. The Bertz CT molecular complexity index is 3340. The first-order chi connectivity index (χ1) is 30.0. The van der Waals surface area contributed by atoms with Crippen LogP contribution in [-0.2, 0) is 30.5 Å². The van der Waals surface area contributed by atoms with Crippen molar-refractivity contribution in [2.45, 2.75) is 58.8 Å². The summed E-state index contributed by atoms with van der Waals surface area (Å²) in [6.07, 6.45) is 8.16. The summed E-state index contributed by atoms with van der Waals surface area (Å²) in [5, 5.41) is 10.3. The molecule has 4 heteroatoms. The number of carbonyl (C=O) groups is 1. The summed E-state index contributed by atoms with van der Waals surface area (Å²) in [5.74, 6) is 0.375. The van der Waals surface area contributed by atoms with Crippen molar-refractivity contribution in [3.63, 3.8) is 0 Å². The molecular weight excluding hydrogens is 745 g/mol. The van der Waals surface area contributed by atoms with Crippen molar-refractivity contribution in [1.29, 1.82) is 0 Å². The van der Waals surface area contributed by atoms with E-state index in [4.69, 9.17) is 9.73 Å². The average molecular weight is 789 g/mol. The standard InChI is InChI=1S/C57H44N2O2/c1-33-29-41(61-51(60)22-9-13-35-27-28-48-46-20-8-15-38-14-7-19-45(53(38)46)47-21-10-18-42(35)54(47)48)30-34(2)52(33)55(49-31-39-25-23-36-11-3-5-16-43(36)56(39)58-49)50-32-40-26-24-37-12-4-6-17-44(37)57(40)59-50/h3-8,10-12,14-21,27-32,58H,9,13,22-26H2,1-2H3/b55-50+. The summed E-state index contributed by atoms with van der Waals surface area (Å²) in [7, 11) is 0. The molecule has 8 aromatic carbocycles. The number of hydrogen-bond donors (Lipinski definition) is 1. The minimum atomic E-state index is -0.209. The van der Waals surface area contributed by atoms with Gasteiger partial charge in [0.05, 0.1) is 11.4 Å². The van der Waals surface area contributed by atoms with Gasteiger partial charge >= 0.3 is 5.97 Å². The Morgan fingerprint density at radius 1 is 0.639 bits per heavy atom. The number of nitrogens with one attached hydrogen (secondary N) is 1. The maximum absolute atomic E-state index is 13.5. The minimum absolute atomic E-state index is 0.209. The molecule has 12 rings (SSSR count). The Balaban J connectivity index is 0.847. The summed E-state index contributed by atoms with van der Waals surface area (Å²) < 4.78 is 6.12. The molecule has 1 aromatic heterocycles. The van der Waals surface area contributed by atoms with Gasteiger partial charge in [-0.25, -0.2) is 4.99 Å². The highest BCUT2D eigenvalue weighted by Gasteiger charge is 2.29. The summed E-state index contributed by atoms with van der Waals surface area (Å²) >= 11 is 0. The molecule has 0 unspecified atom stereocenters. The molecule has 0 saturated carbocycles. The van der Waals surface area contributed by atoms with Crippen molar-refractivity contribution in [2.75, 3.05) is 0 Å². The second-order valence-corrected chi connectivity index (χ2v) is 17.3. The Labute approximate surface area is 355 Å². The van der Waals surface area contributed by atoms with Crippen LogP contribution in [0.3, 0.4) is 0 Å². The van der Waals surface area contributed by atoms with E-state index in [9.17, 15) is 4.79 Å². The molecule has 1 aliphatic heterocycles. The van der Waals surface area contributed by atoms with Gasteiger partial charge in [-0.1, -0.05) is 115 Å². The first-order valence-electron chi connectivity index (χ1n) is 21.8. The van der Waals surface area contributed by atoms with Gasteiger partial charge in [-0.2, -0.15) is 0 Å². The maximum Gasteiger partial charge on any atom is 0.311 e. The van der Waals surface area contributed by atoms with Crippen LogP contribution in [0.4, 0.5) is 0 Å². The van der Waals surface area contributed by atoms with Crippen LogP contribution in [0.5, 0.6) is 5.75 Å². The monoisotopic (exact) mass is 788 g/mol. The van der Waals surface area contributed by atoms with Gasteiger partial charge < -0.3 is 9.72 Å². The van der Waals surface area contributed by atoms with Crippen LogP contribution in [0.15, 0.2) is 156 Å². The number of ether oxygens (including phenoxy) is 1. The lowest BCUT2D eigenvalue weighted by Crippen LogP contribution is -2.12. The summed E-state index contributed by atoms with van der Waals surface area (Å²) in [4.78, 5) is 22.9. The smallest absolute Gasteiger partial charge is 0.311 e. The molecule has 294 valence electrons. The van der Waals surface area contributed by atoms with E-state index in [0.717, 1.165) is 71.5 Å². The Morgan fingerprint density at radius 3 is 2.07 bits per heavy atom. The molecule has 1 N–H and O–H groups in total. The van der Waals surface area contributed by atoms with Crippen LogP contribution in [0.1, 0.15) is 69.5 Å². The van der Waals surface area contributed by atoms with Crippen LogP contribution in [0.2, 0.25) is 0 Å². The van der Waals surface area contributed by atoms with E-state index in [-0.39, 0.29) is 5.97 Å². The molecule has 0 radical (unpaired) electrons. The molecule has 0 saturated heterocycles. The number of benzene rings is 8. The Morgan fingerprint density at radius 2 is 1.28 bits per heavy atom. The van der Waals surface area contributed by atoms with E-state index < -0.39 is 0 Å². The molecule has 2 heterocycles. The van der Waals surface area contributed by atoms with Crippen molar-refractivity contribution in [2.24, 2.45) is 4.99 Å². The Kier molecular flexibility index (Phi) is 8.25. The molecule has 9 aromatic rings. The van der Waals surface area contributed by atoms with Gasteiger partial charge in [0.25, 0.3) is 0 Å². The van der Waals surface area contributed by atoms with E-state index >= 15 is 0 Å². The minimum Gasteiger partial charge on any atom is -0.427 e. The summed E-state index contributed by atoms with van der Waals surface area (Å²) in [6, 6.07) is 48.3. The number of allylic oxidation sites excluding steroid dienone is 2. The van der Waals surface area contributed by atoms with Gasteiger partial charge in [-0.15, -0.1) is 0 Å². The molecule has 0 bridgehead atoms. The fourth-order valence-electron chi connectivity index (χ4n) is 10.9. The van der Waals surface area contributed by atoms with Crippen molar-refractivity contribution in [3.8, 4) is 17.0 Å². The zero-order valence-corrected chi connectivity index (χ0v) is 34.5.